The Balaban J connectivity index is 2.32. The molecule has 0 aliphatic heterocycles. The Morgan fingerprint density at radius 2 is 1.86 bits per heavy atom. The Morgan fingerprint density at radius 1 is 1.19 bits per heavy atom. The van der Waals surface area contributed by atoms with Crippen LogP contribution in [0.2, 0.25) is 5.02 Å². The molecule has 21 heavy (non-hydrogen) atoms. The summed E-state index contributed by atoms with van der Waals surface area (Å²) >= 11 is 13.1. The molecule has 1 atom stereocenters. The molecule has 0 spiro atoms. The van der Waals surface area contributed by atoms with Crippen molar-refractivity contribution in [3.63, 3.8) is 0 Å². The average Bonchev–Trinajstić information content (AvgIpc) is 2.43. The van der Waals surface area contributed by atoms with Gasteiger partial charge in [0.15, 0.2) is 0 Å². The van der Waals surface area contributed by atoms with E-state index in [2.05, 4.69) is 37.3 Å². The van der Waals surface area contributed by atoms with Gasteiger partial charge < -0.3 is 4.74 Å². The lowest BCUT2D eigenvalue weighted by atomic mass is 9.99. The molecule has 0 aromatic heterocycles. The molecule has 2 aromatic rings. The fourth-order valence-corrected chi connectivity index (χ4v) is 3.70. The summed E-state index contributed by atoms with van der Waals surface area (Å²) in [5.74, 6) is 6.53. The van der Waals surface area contributed by atoms with Gasteiger partial charge >= 0.3 is 0 Å². The van der Waals surface area contributed by atoms with Gasteiger partial charge in [-0.15, -0.1) is 0 Å². The van der Waals surface area contributed by atoms with E-state index in [1.807, 2.05) is 36.4 Å². The molecular formula is C15H15Br2ClN2O. The number of rotatable bonds is 5. The summed E-state index contributed by atoms with van der Waals surface area (Å²) in [5, 5.41) is 0.678. The molecule has 6 heteroatoms. The van der Waals surface area contributed by atoms with Crippen molar-refractivity contribution in [3.05, 3.63) is 61.5 Å². The van der Waals surface area contributed by atoms with E-state index >= 15 is 0 Å². The zero-order chi connectivity index (χ0) is 15.4. The Bertz CT molecular complexity index is 617. The van der Waals surface area contributed by atoms with Crippen molar-refractivity contribution in [2.24, 2.45) is 5.84 Å². The van der Waals surface area contributed by atoms with Crippen molar-refractivity contribution in [3.8, 4) is 5.75 Å². The zero-order valence-electron chi connectivity index (χ0n) is 11.4. The van der Waals surface area contributed by atoms with Crippen LogP contribution in [0.15, 0.2) is 45.3 Å². The van der Waals surface area contributed by atoms with Crippen LogP contribution in [0.1, 0.15) is 17.2 Å². The number of nitrogens with two attached hydrogens (primary N) is 1. The van der Waals surface area contributed by atoms with Crippen LogP contribution in [-0.4, -0.2) is 7.11 Å². The highest BCUT2D eigenvalue weighted by molar-refractivity contribution is 9.11. The van der Waals surface area contributed by atoms with E-state index in [0.29, 0.717) is 11.4 Å². The third kappa shape index (κ3) is 4.44. The monoisotopic (exact) mass is 432 g/mol. The van der Waals surface area contributed by atoms with Crippen molar-refractivity contribution in [2.75, 3.05) is 7.11 Å². The standard InChI is InChI=1S/C15H15Br2ClN2O/c1-21-15-3-2-13(18)6-10(15)7-14(20-19)9-4-11(16)8-12(17)5-9/h2-6,8,14,20H,7,19H2,1H3. The number of methoxy groups -OCH3 is 1. The summed E-state index contributed by atoms with van der Waals surface area (Å²) in [6.07, 6.45) is 0.670. The summed E-state index contributed by atoms with van der Waals surface area (Å²) in [6, 6.07) is 11.6. The first-order chi connectivity index (χ1) is 10.0. The van der Waals surface area contributed by atoms with Crippen molar-refractivity contribution < 1.29 is 4.74 Å². The molecule has 0 radical (unpaired) electrons. The molecule has 112 valence electrons. The molecule has 0 aliphatic carbocycles. The molecule has 0 heterocycles. The van der Waals surface area contributed by atoms with E-state index in [4.69, 9.17) is 22.2 Å². The van der Waals surface area contributed by atoms with Crippen LogP contribution in [0, 0.1) is 0 Å². The minimum atomic E-state index is -0.0498. The van der Waals surface area contributed by atoms with E-state index in [1.165, 1.54) is 0 Å². The smallest absolute Gasteiger partial charge is 0.122 e. The minimum absolute atomic E-state index is 0.0498. The van der Waals surface area contributed by atoms with Gasteiger partial charge in [0.2, 0.25) is 0 Å². The lowest BCUT2D eigenvalue weighted by molar-refractivity contribution is 0.405. The third-order valence-corrected chi connectivity index (χ3v) is 4.31. The highest BCUT2D eigenvalue weighted by Crippen LogP contribution is 2.30. The van der Waals surface area contributed by atoms with Gasteiger partial charge in [0.05, 0.1) is 13.2 Å². The van der Waals surface area contributed by atoms with Gasteiger partial charge in [0.25, 0.3) is 0 Å². The molecule has 0 saturated heterocycles. The summed E-state index contributed by atoms with van der Waals surface area (Å²) < 4.78 is 7.37. The molecule has 1 unspecified atom stereocenters. The molecular weight excluding hydrogens is 419 g/mol. The second kappa shape index (κ2) is 7.61. The maximum Gasteiger partial charge on any atom is 0.122 e. The molecule has 0 saturated carbocycles. The molecule has 2 aromatic carbocycles. The predicted octanol–water partition coefficient (Wildman–Crippen LogP) is 4.62. The fraction of sp³-hybridized carbons (Fsp3) is 0.200. The zero-order valence-corrected chi connectivity index (χ0v) is 15.3. The van der Waals surface area contributed by atoms with Gasteiger partial charge in [-0.1, -0.05) is 43.5 Å². The molecule has 2 rings (SSSR count). The van der Waals surface area contributed by atoms with Gasteiger partial charge in [0, 0.05) is 14.0 Å². The van der Waals surface area contributed by atoms with Gasteiger partial charge in [-0.2, -0.15) is 0 Å². The third-order valence-electron chi connectivity index (χ3n) is 3.15. The topological polar surface area (TPSA) is 47.3 Å². The minimum Gasteiger partial charge on any atom is -0.496 e. The highest BCUT2D eigenvalue weighted by atomic mass is 79.9. The van der Waals surface area contributed by atoms with Crippen molar-refractivity contribution in [1.29, 1.82) is 0 Å². The van der Waals surface area contributed by atoms with Gasteiger partial charge in [0.1, 0.15) is 5.75 Å². The van der Waals surface area contributed by atoms with Gasteiger partial charge in [-0.3, -0.25) is 11.3 Å². The first kappa shape index (κ1) is 16.8. The van der Waals surface area contributed by atoms with Crippen LogP contribution in [0.25, 0.3) is 0 Å². The predicted molar refractivity (Wildman–Crippen MR) is 93.6 cm³/mol. The summed E-state index contributed by atoms with van der Waals surface area (Å²) in [7, 11) is 1.65. The number of hydrogen-bond acceptors (Lipinski definition) is 3. The van der Waals surface area contributed by atoms with Crippen molar-refractivity contribution >= 4 is 43.5 Å². The van der Waals surface area contributed by atoms with Gasteiger partial charge in [-0.25, -0.2) is 0 Å². The van der Waals surface area contributed by atoms with Crippen LogP contribution in [0.4, 0.5) is 0 Å². The van der Waals surface area contributed by atoms with E-state index in [-0.39, 0.29) is 6.04 Å². The number of hydrazine groups is 1. The molecule has 0 aliphatic rings. The number of nitrogens with one attached hydrogen (secondary N) is 1. The molecule has 3 nitrogen and oxygen atoms in total. The molecule has 0 fully saturated rings. The summed E-state index contributed by atoms with van der Waals surface area (Å²) in [5.41, 5.74) is 4.93. The highest BCUT2D eigenvalue weighted by Gasteiger charge is 2.15. The molecule has 3 N–H and O–H groups in total. The van der Waals surface area contributed by atoms with Crippen LogP contribution in [0.3, 0.4) is 0 Å². The largest absolute Gasteiger partial charge is 0.496 e. The lowest BCUT2D eigenvalue weighted by Crippen LogP contribution is -2.29. The van der Waals surface area contributed by atoms with Crippen LogP contribution in [-0.2, 0) is 6.42 Å². The van der Waals surface area contributed by atoms with Crippen LogP contribution in [0.5, 0.6) is 5.75 Å². The maximum absolute atomic E-state index is 6.07. The molecule has 0 amide bonds. The van der Waals surface area contributed by atoms with E-state index in [0.717, 1.165) is 25.8 Å². The normalized spacial score (nSPS) is 12.2. The van der Waals surface area contributed by atoms with Crippen LogP contribution < -0.4 is 16.0 Å². The van der Waals surface area contributed by atoms with Crippen LogP contribution >= 0.6 is 43.5 Å². The second-order valence-electron chi connectivity index (χ2n) is 4.58. The maximum atomic E-state index is 6.07. The number of benzene rings is 2. The Labute approximate surface area is 146 Å². The Hall–Kier alpha value is -0.590. The summed E-state index contributed by atoms with van der Waals surface area (Å²) in [6.45, 7) is 0. The van der Waals surface area contributed by atoms with E-state index < -0.39 is 0 Å². The summed E-state index contributed by atoms with van der Waals surface area (Å²) in [4.78, 5) is 0. The lowest BCUT2D eigenvalue weighted by Gasteiger charge is -2.19. The van der Waals surface area contributed by atoms with Gasteiger partial charge in [-0.05, 0) is 53.9 Å². The first-order valence-electron chi connectivity index (χ1n) is 6.28. The number of hydrogen-bond donors (Lipinski definition) is 2. The Kier molecular flexibility index (Phi) is 6.08. The fourth-order valence-electron chi connectivity index (χ4n) is 2.18. The number of ether oxygens (including phenoxy) is 1. The van der Waals surface area contributed by atoms with E-state index in [1.54, 1.807) is 7.11 Å². The quantitative estimate of drug-likeness (QED) is 0.533. The SMILES string of the molecule is COc1ccc(Cl)cc1CC(NN)c1cc(Br)cc(Br)c1. The number of halogens is 3. The van der Waals surface area contributed by atoms with Crippen molar-refractivity contribution in [1.82, 2.24) is 5.43 Å². The average molecular weight is 435 g/mol. The Morgan fingerprint density at radius 3 is 2.43 bits per heavy atom. The van der Waals surface area contributed by atoms with Crippen molar-refractivity contribution in [2.45, 2.75) is 12.5 Å². The second-order valence-corrected chi connectivity index (χ2v) is 6.85. The molecule has 0 bridgehead atoms. The van der Waals surface area contributed by atoms with E-state index in [9.17, 15) is 0 Å². The first-order valence-corrected chi connectivity index (χ1v) is 8.24.